The van der Waals surface area contributed by atoms with Gasteiger partial charge in [-0.2, -0.15) is 0 Å². The van der Waals surface area contributed by atoms with E-state index in [1.54, 1.807) is 0 Å². The first-order chi connectivity index (χ1) is 26.1. The summed E-state index contributed by atoms with van der Waals surface area (Å²) in [5, 5.41) is 4.80. The molecule has 53 heavy (non-hydrogen) atoms. The molecule has 1 aliphatic carbocycles. The predicted molar refractivity (Wildman–Crippen MR) is 224 cm³/mol. The number of furan rings is 1. The Balaban J connectivity index is 1.09. The van der Waals surface area contributed by atoms with Gasteiger partial charge in [0, 0.05) is 53.4 Å². The lowest BCUT2D eigenvalue weighted by Gasteiger charge is -2.28. The van der Waals surface area contributed by atoms with Crippen LogP contribution in [0, 0.1) is 0 Å². The van der Waals surface area contributed by atoms with E-state index < -0.39 is 0 Å². The molecule has 0 unspecified atom stereocenters. The number of anilines is 3. The molecule has 2 aromatic heterocycles. The van der Waals surface area contributed by atoms with Crippen LogP contribution < -0.4 is 4.90 Å². The predicted octanol–water partition coefficient (Wildman–Crippen LogP) is 14.4. The van der Waals surface area contributed by atoms with Crippen LogP contribution in [0.25, 0.3) is 64.4 Å². The fourth-order valence-electron chi connectivity index (χ4n) is 8.71. The third kappa shape index (κ3) is 4.57. The molecule has 1 aliphatic rings. The van der Waals surface area contributed by atoms with E-state index in [1.165, 1.54) is 59.1 Å². The highest BCUT2D eigenvalue weighted by Crippen LogP contribution is 2.53. The van der Waals surface area contributed by atoms with Crippen LogP contribution in [0.15, 0.2) is 186 Å². The Morgan fingerprint density at radius 2 is 0.981 bits per heavy atom. The van der Waals surface area contributed by atoms with Crippen molar-refractivity contribution < 1.29 is 4.42 Å². The number of hydrogen-bond donors (Lipinski definition) is 0. The Bertz CT molecular complexity index is 2980. The molecule has 10 aromatic rings. The molecular formula is C50H33NOS. The minimum absolute atomic E-state index is 0.284. The van der Waals surface area contributed by atoms with Gasteiger partial charge in [0.15, 0.2) is 0 Å². The maximum absolute atomic E-state index is 6.53. The number of rotatable bonds is 5. The molecule has 0 fully saturated rings. The average Bonchev–Trinajstić information content (AvgIpc) is 3.86. The lowest BCUT2D eigenvalue weighted by Crippen LogP contribution is -2.22. The number of fused-ring (bicyclic) bond motifs is 9. The summed E-state index contributed by atoms with van der Waals surface area (Å²) in [6, 6.07) is 66.3. The van der Waals surface area contributed by atoms with Gasteiger partial charge in [-0.1, -0.05) is 115 Å². The second-order valence-electron chi connectivity index (χ2n) is 14.2. The van der Waals surface area contributed by atoms with Crippen molar-refractivity contribution >= 4 is 70.5 Å². The molecule has 0 aliphatic heterocycles. The van der Waals surface area contributed by atoms with Gasteiger partial charge in [0.2, 0.25) is 0 Å². The zero-order chi connectivity index (χ0) is 35.1. The molecule has 0 N–H and O–H groups in total. The molecule has 0 spiro atoms. The van der Waals surface area contributed by atoms with Crippen LogP contribution in [0.1, 0.15) is 23.6 Å². The minimum Gasteiger partial charge on any atom is -0.456 e. The normalized spacial score (nSPS) is 13.2. The Kier molecular flexibility index (Phi) is 6.58. The second-order valence-corrected chi connectivity index (χ2v) is 15.3. The van der Waals surface area contributed by atoms with Gasteiger partial charge in [0.1, 0.15) is 11.2 Å². The summed E-state index contributed by atoms with van der Waals surface area (Å²) in [7, 11) is 0. The summed E-state index contributed by atoms with van der Waals surface area (Å²) in [6.07, 6.45) is 0. The van der Waals surface area contributed by atoms with E-state index in [4.69, 9.17) is 4.42 Å². The van der Waals surface area contributed by atoms with Crippen molar-refractivity contribution in [1.29, 1.82) is 0 Å². The smallest absolute Gasteiger partial charge is 0.135 e. The van der Waals surface area contributed by atoms with E-state index in [2.05, 4.69) is 194 Å². The van der Waals surface area contributed by atoms with E-state index >= 15 is 0 Å². The molecule has 8 aromatic carbocycles. The van der Waals surface area contributed by atoms with Gasteiger partial charge in [-0.15, -0.1) is 11.3 Å². The standard InChI is InChI=1S/C50H33NOS/c1-50(44-16-8-5-13-38(44)39-14-6-9-17-45(39)50)34-21-26-46-41(29-34)42-30-36(24-27-47(42)52-46)51(35-22-19-33(20-23-35)32-11-3-2-4-12-32)37-25-28-49-43(31-37)40-15-7-10-18-48(40)53-49/h2-31H,1H3. The Labute approximate surface area is 311 Å². The SMILES string of the molecule is CC1(c2ccc3oc4ccc(N(c5ccc(-c6ccccc6)cc5)c5ccc6sc7ccccc7c6c5)cc4c3c2)c2ccccc2-c2ccccc21. The first kappa shape index (κ1) is 30.2. The van der Waals surface area contributed by atoms with Crippen LogP contribution in [0.5, 0.6) is 0 Å². The van der Waals surface area contributed by atoms with Gasteiger partial charge in [0.25, 0.3) is 0 Å². The topological polar surface area (TPSA) is 16.4 Å². The molecule has 0 radical (unpaired) electrons. The van der Waals surface area contributed by atoms with E-state index in [0.29, 0.717) is 0 Å². The van der Waals surface area contributed by atoms with Crippen molar-refractivity contribution in [3.05, 3.63) is 199 Å². The van der Waals surface area contributed by atoms with Crippen LogP contribution in [-0.4, -0.2) is 0 Å². The first-order valence-electron chi connectivity index (χ1n) is 18.2. The highest BCUT2D eigenvalue weighted by molar-refractivity contribution is 7.25. The van der Waals surface area contributed by atoms with Crippen molar-refractivity contribution in [3.8, 4) is 22.3 Å². The van der Waals surface area contributed by atoms with E-state index in [9.17, 15) is 0 Å². The monoisotopic (exact) mass is 695 g/mol. The van der Waals surface area contributed by atoms with E-state index in [-0.39, 0.29) is 5.41 Å². The van der Waals surface area contributed by atoms with E-state index in [1.807, 2.05) is 11.3 Å². The number of hydrogen-bond acceptors (Lipinski definition) is 3. The quantitative estimate of drug-likeness (QED) is 0.178. The highest BCUT2D eigenvalue weighted by Gasteiger charge is 2.40. The molecule has 2 nitrogen and oxygen atoms in total. The number of thiophene rings is 1. The molecule has 0 bridgehead atoms. The summed E-state index contributed by atoms with van der Waals surface area (Å²) in [4.78, 5) is 2.38. The molecule has 0 saturated carbocycles. The maximum atomic E-state index is 6.53. The number of nitrogens with zero attached hydrogens (tertiary/aromatic N) is 1. The molecule has 0 atom stereocenters. The van der Waals surface area contributed by atoms with Crippen LogP contribution in [0.4, 0.5) is 17.1 Å². The Morgan fingerprint density at radius 3 is 1.74 bits per heavy atom. The van der Waals surface area contributed by atoms with Crippen molar-refractivity contribution in [3.63, 3.8) is 0 Å². The third-order valence-electron chi connectivity index (χ3n) is 11.4. The second kappa shape index (κ2) is 11.5. The fraction of sp³-hybridized carbons (Fsp3) is 0.0400. The zero-order valence-electron chi connectivity index (χ0n) is 29.1. The van der Waals surface area contributed by atoms with Crippen molar-refractivity contribution in [1.82, 2.24) is 0 Å². The Morgan fingerprint density at radius 1 is 0.434 bits per heavy atom. The van der Waals surface area contributed by atoms with Gasteiger partial charge in [0.05, 0.1) is 0 Å². The molecule has 0 saturated heterocycles. The maximum Gasteiger partial charge on any atom is 0.135 e. The summed E-state index contributed by atoms with van der Waals surface area (Å²) in [5.74, 6) is 0. The van der Waals surface area contributed by atoms with Crippen LogP contribution >= 0.6 is 11.3 Å². The lowest BCUT2D eigenvalue weighted by atomic mass is 9.74. The van der Waals surface area contributed by atoms with Gasteiger partial charge >= 0.3 is 0 Å². The molecule has 3 heteroatoms. The highest BCUT2D eigenvalue weighted by atomic mass is 32.1. The van der Waals surface area contributed by atoms with Crippen molar-refractivity contribution in [2.45, 2.75) is 12.3 Å². The largest absolute Gasteiger partial charge is 0.456 e. The van der Waals surface area contributed by atoms with Crippen LogP contribution in [0.3, 0.4) is 0 Å². The van der Waals surface area contributed by atoms with E-state index in [0.717, 1.165) is 39.0 Å². The average molecular weight is 696 g/mol. The summed E-state index contributed by atoms with van der Waals surface area (Å²) in [6.45, 7) is 2.37. The summed E-state index contributed by atoms with van der Waals surface area (Å²) in [5.41, 5.74) is 13.8. The molecule has 2 heterocycles. The summed E-state index contributed by atoms with van der Waals surface area (Å²) < 4.78 is 9.13. The Hall–Kier alpha value is -6.42. The summed E-state index contributed by atoms with van der Waals surface area (Å²) >= 11 is 1.85. The molecule has 0 amide bonds. The molecular weight excluding hydrogens is 663 g/mol. The van der Waals surface area contributed by atoms with Crippen LogP contribution in [0.2, 0.25) is 0 Å². The van der Waals surface area contributed by atoms with Gasteiger partial charge in [-0.25, -0.2) is 0 Å². The van der Waals surface area contributed by atoms with Gasteiger partial charge in [-0.05, 0) is 113 Å². The minimum atomic E-state index is -0.284. The molecule has 250 valence electrons. The van der Waals surface area contributed by atoms with Gasteiger partial charge < -0.3 is 9.32 Å². The lowest BCUT2D eigenvalue weighted by molar-refractivity contribution is 0.667. The first-order valence-corrected chi connectivity index (χ1v) is 19.0. The van der Waals surface area contributed by atoms with Crippen molar-refractivity contribution in [2.24, 2.45) is 0 Å². The zero-order valence-corrected chi connectivity index (χ0v) is 29.9. The third-order valence-corrected chi connectivity index (χ3v) is 12.5. The van der Waals surface area contributed by atoms with Crippen molar-refractivity contribution in [2.75, 3.05) is 4.90 Å². The molecule has 11 rings (SSSR count). The fourth-order valence-corrected chi connectivity index (χ4v) is 9.80. The number of benzene rings is 8. The van der Waals surface area contributed by atoms with Crippen LogP contribution in [-0.2, 0) is 5.41 Å². The van der Waals surface area contributed by atoms with Gasteiger partial charge in [-0.3, -0.25) is 0 Å².